The first kappa shape index (κ1) is 9.99. The van der Waals surface area contributed by atoms with Gasteiger partial charge in [-0.3, -0.25) is 5.69 Å². The van der Waals surface area contributed by atoms with Crippen molar-refractivity contribution in [3.05, 3.63) is 42.0 Å². The van der Waals surface area contributed by atoms with Crippen LogP contribution in [0.15, 0.2) is 18.2 Å². The van der Waals surface area contributed by atoms with Crippen LogP contribution in [0.5, 0.6) is 0 Å². The van der Waals surface area contributed by atoms with E-state index >= 15 is 0 Å². The molecule has 0 aliphatic rings. The first-order chi connectivity index (χ1) is 4.20. The zero-order valence-corrected chi connectivity index (χ0v) is 8.85. The third kappa shape index (κ3) is 2.32. The van der Waals surface area contributed by atoms with Gasteiger partial charge < -0.3 is 5.73 Å². The molecule has 0 fully saturated rings. The van der Waals surface area contributed by atoms with Gasteiger partial charge in [0.15, 0.2) is 0 Å². The maximum absolute atomic E-state index is 7.25. The molecule has 0 amide bonds. The van der Waals surface area contributed by atoms with Crippen LogP contribution in [0.2, 0.25) is 0 Å². The molecule has 0 aromatic heterocycles. The van der Waals surface area contributed by atoms with Crippen molar-refractivity contribution in [3.8, 4) is 0 Å². The zero-order chi connectivity index (χ0) is 6.85. The molecule has 0 saturated carbocycles. The summed E-state index contributed by atoms with van der Waals surface area (Å²) < 4.78 is 0. The van der Waals surface area contributed by atoms with Crippen LogP contribution in [0.1, 0.15) is 11.1 Å². The van der Waals surface area contributed by atoms with E-state index in [1.54, 1.807) is 6.07 Å². The van der Waals surface area contributed by atoms with E-state index in [4.69, 9.17) is 5.73 Å². The molecule has 1 N–H and O–H groups in total. The third-order valence-electron chi connectivity index (χ3n) is 1.26. The second kappa shape index (κ2) is 4.00. The van der Waals surface area contributed by atoms with Gasteiger partial charge in [0.2, 0.25) is 0 Å². The van der Waals surface area contributed by atoms with Crippen molar-refractivity contribution in [3.63, 3.8) is 0 Å². The van der Waals surface area contributed by atoms with Crippen LogP contribution >= 0.6 is 0 Å². The smallest absolute Gasteiger partial charge is 0 e. The van der Waals surface area contributed by atoms with E-state index < -0.39 is 0 Å². The summed E-state index contributed by atoms with van der Waals surface area (Å²) in [7, 11) is 0. The predicted octanol–water partition coefficient (Wildman–Crippen LogP) is 2.86. The van der Waals surface area contributed by atoms with Crippen molar-refractivity contribution in [2.45, 2.75) is 6.92 Å². The molecule has 51 valence electrons. The summed E-state index contributed by atoms with van der Waals surface area (Å²) in [5.74, 6) is 0. The topological polar surface area (TPSA) is 23.8 Å². The molecule has 1 aromatic carbocycles. The normalized spacial score (nSPS) is 8.50. The SMILES string of the molecule is [CH2-]c1cc(C)ccc1[NH-].[Y]. The minimum Gasteiger partial charge on any atom is -0.756 e. The predicted molar refractivity (Wildman–Crippen MR) is 39.6 cm³/mol. The number of hydrogen-bond donors (Lipinski definition) is 0. The average molecular weight is 208 g/mol. The Kier molecular flexibility index (Phi) is 3.99. The first-order valence-electron chi connectivity index (χ1n) is 2.84. The maximum atomic E-state index is 7.25. The van der Waals surface area contributed by atoms with Gasteiger partial charge in [0, 0.05) is 32.7 Å². The summed E-state index contributed by atoms with van der Waals surface area (Å²) in [4.78, 5) is 0. The number of rotatable bonds is 0. The van der Waals surface area contributed by atoms with Crippen LogP contribution < -0.4 is 0 Å². The Morgan fingerprint density at radius 3 is 2.40 bits per heavy atom. The minimum absolute atomic E-state index is 0. The van der Waals surface area contributed by atoms with Gasteiger partial charge in [0.1, 0.15) is 0 Å². The Morgan fingerprint density at radius 1 is 1.40 bits per heavy atom. The molecule has 0 bridgehead atoms. The molecule has 10 heavy (non-hydrogen) atoms. The van der Waals surface area contributed by atoms with Crippen molar-refractivity contribution in [1.29, 1.82) is 0 Å². The summed E-state index contributed by atoms with van der Waals surface area (Å²) in [5.41, 5.74) is 9.73. The van der Waals surface area contributed by atoms with Crippen LogP contribution in [0.4, 0.5) is 5.69 Å². The van der Waals surface area contributed by atoms with Crippen molar-refractivity contribution in [2.75, 3.05) is 0 Å². The summed E-state index contributed by atoms with van der Waals surface area (Å²) >= 11 is 0. The van der Waals surface area contributed by atoms with Crippen LogP contribution in [0, 0.1) is 13.8 Å². The number of nitrogens with one attached hydrogen (secondary N) is 1. The molecule has 0 saturated heterocycles. The second-order valence-corrected chi connectivity index (χ2v) is 2.16. The van der Waals surface area contributed by atoms with Crippen LogP contribution in [0.3, 0.4) is 0 Å². The fraction of sp³-hybridized carbons (Fsp3) is 0.125. The molecule has 1 aromatic rings. The summed E-state index contributed by atoms with van der Waals surface area (Å²) in [6.45, 7) is 5.69. The van der Waals surface area contributed by atoms with Crippen molar-refractivity contribution < 1.29 is 32.7 Å². The van der Waals surface area contributed by atoms with Gasteiger partial charge >= 0.3 is 0 Å². The van der Waals surface area contributed by atoms with Crippen molar-refractivity contribution >= 4 is 5.69 Å². The van der Waals surface area contributed by atoms with Gasteiger partial charge in [-0.05, 0) is 0 Å². The Morgan fingerprint density at radius 2 is 2.00 bits per heavy atom. The van der Waals surface area contributed by atoms with E-state index in [1.807, 2.05) is 19.1 Å². The molecule has 1 rings (SSSR count). The van der Waals surface area contributed by atoms with E-state index in [9.17, 15) is 0 Å². The van der Waals surface area contributed by atoms with Gasteiger partial charge in [0.25, 0.3) is 0 Å². The summed E-state index contributed by atoms with van der Waals surface area (Å²) in [6, 6.07) is 5.58. The molecule has 0 unspecified atom stereocenters. The van der Waals surface area contributed by atoms with E-state index in [0.717, 1.165) is 11.1 Å². The Balaban J connectivity index is 0.000000810. The molecule has 1 nitrogen and oxygen atoms in total. The van der Waals surface area contributed by atoms with Crippen molar-refractivity contribution in [1.82, 2.24) is 0 Å². The Labute approximate surface area is 86.9 Å². The monoisotopic (exact) mass is 208 g/mol. The summed E-state index contributed by atoms with van der Waals surface area (Å²) in [6.07, 6.45) is 0. The molecular weight excluding hydrogens is 199 g/mol. The van der Waals surface area contributed by atoms with E-state index in [2.05, 4.69) is 6.92 Å². The maximum Gasteiger partial charge on any atom is 0 e. The standard InChI is InChI=1S/C8H9N.Y/c1-6-3-4-8(9)7(2)5-6;/h3-5,9H,2H2,1H3;/q-2;. The third-order valence-corrected chi connectivity index (χ3v) is 1.26. The van der Waals surface area contributed by atoms with Gasteiger partial charge in [-0.15, -0.1) is 11.6 Å². The van der Waals surface area contributed by atoms with E-state index in [-0.39, 0.29) is 32.7 Å². The fourth-order valence-electron chi connectivity index (χ4n) is 0.723. The van der Waals surface area contributed by atoms with Crippen LogP contribution in [0.25, 0.3) is 5.73 Å². The number of aryl methyl sites for hydroxylation is 1. The largest absolute Gasteiger partial charge is 0.756 e. The fourth-order valence-corrected chi connectivity index (χ4v) is 0.723. The van der Waals surface area contributed by atoms with Gasteiger partial charge in [-0.25, -0.2) is 12.5 Å². The Hall–Kier alpha value is -0.00610. The number of hydrogen-bond acceptors (Lipinski definition) is 0. The first-order valence-corrected chi connectivity index (χ1v) is 2.84. The second-order valence-electron chi connectivity index (χ2n) is 2.16. The molecule has 0 spiro atoms. The molecule has 2 heteroatoms. The van der Waals surface area contributed by atoms with Gasteiger partial charge in [-0.2, -0.15) is 6.07 Å². The van der Waals surface area contributed by atoms with Crippen LogP contribution in [-0.4, -0.2) is 0 Å². The molecule has 0 heterocycles. The minimum atomic E-state index is 0. The Bertz CT molecular complexity index is 220. The molecule has 1 radical (unpaired) electrons. The van der Waals surface area contributed by atoms with E-state index in [0.29, 0.717) is 5.69 Å². The number of benzene rings is 1. The van der Waals surface area contributed by atoms with Crippen molar-refractivity contribution in [2.24, 2.45) is 0 Å². The molecule has 0 atom stereocenters. The summed E-state index contributed by atoms with van der Waals surface area (Å²) in [5, 5.41) is 0. The molecule has 0 aliphatic carbocycles. The van der Waals surface area contributed by atoms with Crippen LogP contribution in [-0.2, 0) is 32.7 Å². The van der Waals surface area contributed by atoms with Gasteiger partial charge in [-0.1, -0.05) is 13.0 Å². The van der Waals surface area contributed by atoms with Gasteiger partial charge in [0.05, 0.1) is 0 Å². The van der Waals surface area contributed by atoms with E-state index in [1.165, 1.54) is 0 Å². The molecular formula is C8H9NY-2. The zero-order valence-electron chi connectivity index (χ0n) is 6.02. The average Bonchev–Trinajstić information content (AvgIpc) is 1.80. The molecule has 0 aliphatic heterocycles. The quantitative estimate of drug-likeness (QED) is 0.585.